The maximum absolute atomic E-state index is 13.3. The van der Waals surface area contributed by atoms with Crippen LogP contribution in [0.4, 0.5) is 0 Å². The molecule has 3 aromatic rings. The van der Waals surface area contributed by atoms with Gasteiger partial charge in [0, 0.05) is 28.7 Å². The Bertz CT molecular complexity index is 1120. The largest absolute Gasteiger partial charge is 0.285 e. The van der Waals surface area contributed by atoms with E-state index in [1.807, 2.05) is 12.1 Å². The zero-order valence-corrected chi connectivity index (χ0v) is 19.0. The Balaban J connectivity index is 1.51. The van der Waals surface area contributed by atoms with Crippen LogP contribution in [-0.2, 0) is 0 Å². The fourth-order valence-corrected chi connectivity index (χ4v) is 5.38. The summed E-state index contributed by atoms with van der Waals surface area (Å²) < 4.78 is 1.68. The van der Waals surface area contributed by atoms with Gasteiger partial charge in [0.05, 0.1) is 28.2 Å². The lowest BCUT2D eigenvalue weighted by Crippen LogP contribution is -2.41. The van der Waals surface area contributed by atoms with Crippen molar-refractivity contribution in [3.8, 4) is 16.9 Å². The fourth-order valence-electron chi connectivity index (χ4n) is 4.77. The van der Waals surface area contributed by atoms with Gasteiger partial charge in [-0.15, -0.1) is 0 Å². The van der Waals surface area contributed by atoms with Crippen molar-refractivity contribution in [3.05, 3.63) is 69.3 Å². The van der Waals surface area contributed by atoms with Crippen molar-refractivity contribution in [3.63, 3.8) is 0 Å². The average molecular weight is 476 g/mol. The maximum Gasteiger partial charge on any atom is 0.269 e. The molecule has 1 N–H and O–H groups in total. The summed E-state index contributed by atoms with van der Waals surface area (Å²) in [7, 11) is 0. The van der Waals surface area contributed by atoms with Gasteiger partial charge in [-0.05, 0) is 55.0 Å². The Morgan fingerprint density at radius 3 is 2.32 bits per heavy atom. The third kappa shape index (κ3) is 4.08. The molecule has 2 fully saturated rings. The minimum atomic E-state index is -0.179. The fraction of sp³-hybridized carbons (Fsp3) is 0.304. The number of carbonyl (C=O) groups is 1. The highest BCUT2D eigenvalue weighted by Crippen LogP contribution is 2.37. The van der Waals surface area contributed by atoms with Crippen molar-refractivity contribution in [2.45, 2.75) is 19.3 Å². The van der Waals surface area contributed by atoms with Gasteiger partial charge in [-0.1, -0.05) is 53.4 Å². The molecule has 5 nitrogen and oxygen atoms in total. The number of amides is 1. The monoisotopic (exact) mass is 474 g/mol. The van der Waals surface area contributed by atoms with Gasteiger partial charge < -0.3 is 0 Å². The van der Waals surface area contributed by atoms with Gasteiger partial charge in [-0.25, -0.2) is 9.69 Å². The zero-order valence-electron chi connectivity index (χ0n) is 16.7. The number of nitrogens with zero attached hydrogens (tertiary/aromatic N) is 3. The Kier molecular flexibility index (Phi) is 5.69. The number of rotatable bonds is 4. The first-order valence-corrected chi connectivity index (χ1v) is 11.5. The summed E-state index contributed by atoms with van der Waals surface area (Å²) in [6.07, 6.45) is 5.38. The van der Waals surface area contributed by atoms with Crippen LogP contribution in [0.25, 0.3) is 16.9 Å². The van der Waals surface area contributed by atoms with E-state index in [0.29, 0.717) is 43.8 Å². The number of fused-ring (bicyclic) bond motifs is 1. The van der Waals surface area contributed by atoms with Crippen molar-refractivity contribution in [2.75, 3.05) is 13.1 Å². The predicted octanol–water partition coefficient (Wildman–Crippen LogP) is 5.88. The minimum absolute atomic E-state index is 0.179. The van der Waals surface area contributed by atoms with Gasteiger partial charge in [-0.2, -0.15) is 5.10 Å². The van der Waals surface area contributed by atoms with Crippen molar-refractivity contribution in [1.29, 1.82) is 0 Å². The normalized spacial score (nSPS) is 20.7. The van der Waals surface area contributed by atoms with Crippen molar-refractivity contribution in [1.82, 2.24) is 20.2 Å². The van der Waals surface area contributed by atoms with Gasteiger partial charge in [0.15, 0.2) is 0 Å². The topological polar surface area (TPSA) is 50.2 Å². The Morgan fingerprint density at radius 1 is 0.968 bits per heavy atom. The van der Waals surface area contributed by atoms with E-state index in [1.54, 1.807) is 41.2 Å². The van der Waals surface area contributed by atoms with Crippen LogP contribution in [0.15, 0.2) is 48.7 Å². The lowest BCUT2D eigenvalue weighted by atomic mass is 10.0. The molecule has 8 heteroatoms. The van der Waals surface area contributed by atoms with Crippen LogP contribution in [0.5, 0.6) is 0 Å². The lowest BCUT2D eigenvalue weighted by molar-refractivity contribution is 0.0815. The Labute approximate surface area is 195 Å². The third-order valence-corrected chi connectivity index (χ3v) is 7.05. The molecule has 0 bridgehead atoms. The molecule has 2 unspecified atom stereocenters. The highest BCUT2D eigenvalue weighted by molar-refractivity contribution is 6.35. The molecule has 160 valence electrons. The van der Waals surface area contributed by atoms with E-state index in [1.165, 1.54) is 19.3 Å². The van der Waals surface area contributed by atoms with Crippen LogP contribution in [0.2, 0.25) is 15.1 Å². The van der Waals surface area contributed by atoms with Crippen molar-refractivity contribution < 1.29 is 4.79 Å². The molecule has 1 saturated heterocycles. The molecule has 2 heterocycles. The van der Waals surface area contributed by atoms with Crippen LogP contribution in [0, 0.1) is 11.8 Å². The van der Waals surface area contributed by atoms with Gasteiger partial charge in [0.25, 0.3) is 5.91 Å². The summed E-state index contributed by atoms with van der Waals surface area (Å²) in [4.78, 5) is 13.3. The van der Waals surface area contributed by atoms with Gasteiger partial charge in [0.1, 0.15) is 0 Å². The summed E-state index contributed by atoms with van der Waals surface area (Å²) in [6.45, 7) is 1.81. The van der Waals surface area contributed by atoms with E-state index in [4.69, 9.17) is 34.8 Å². The summed E-state index contributed by atoms with van der Waals surface area (Å²) in [5, 5.41) is 8.16. The molecule has 0 spiro atoms. The van der Waals surface area contributed by atoms with Crippen LogP contribution in [0.3, 0.4) is 0 Å². The number of aromatic nitrogens is 2. The smallest absolute Gasteiger partial charge is 0.269 e. The van der Waals surface area contributed by atoms with Crippen molar-refractivity contribution >= 4 is 40.7 Å². The van der Waals surface area contributed by atoms with E-state index in [2.05, 4.69) is 15.5 Å². The first kappa shape index (κ1) is 20.8. The molecule has 31 heavy (non-hydrogen) atoms. The Morgan fingerprint density at radius 2 is 1.65 bits per heavy atom. The van der Waals surface area contributed by atoms with Crippen LogP contribution >= 0.6 is 34.8 Å². The predicted molar refractivity (Wildman–Crippen MR) is 124 cm³/mol. The number of hydrazine groups is 1. The first-order chi connectivity index (χ1) is 15.0. The first-order valence-electron chi connectivity index (χ1n) is 10.3. The van der Waals surface area contributed by atoms with E-state index < -0.39 is 0 Å². The van der Waals surface area contributed by atoms with Crippen LogP contribution < -0.4 is 5.43 Å². The number of halogens is 3. The standard InChI is InChI=1S/C23H21Cl3N4O/c24-17-6-4-14(5-7-17)22-19(11-27-30(22)21-9-8-18(25)10-20(21)26)23(31)28-29-12-15-2-1-3-16(15)13-29/h4-11,15-16H,1-3,12-13H2,(H,28,31). The molecule has 2 aromatic carbocycles. The molecule has 5 rings (SSSR count). The van der Waals surface area contributed by atoms with Crippen molar-refractivity contribution in [2.24, 2.45) is 11.8 Å². The highest BCUT2D eigenvalue weighted by atomic mass is 35.5. The second-order valence-corrected chi connectivity index (χ2v) is 9.50. The molecule has 1 aliphatic carbocycles. The molecule has 1 aliphatic heterocycles. The molecule has 2 aliphatic rings. The second-order valence-electron chi connectivity index (χ2n) is 8.22. The summed E-state index contributed by atoms with van der Waals surface area (Å²) in [5.74, 6) is 1.19. The van der Waals surface area contributed by atoms with Gasteiger partial charge in [-0.3, -0.25) is 10.2 Å². The maximum atomic E-state index is 13.3. The number of carbonyl (C=O) groups excluding carboxylic acids is 1. The lowest BCUT2D eigenvalue weighted by Gasteiger charge is -2.18. The second kappa shape index (κ2) is 8.47. The van der Waals surface area contributed by atoms with Gasteiger partial charge in [0.2, 0.25) is 0 Å². The highest BCUT2D eigenvalue weighted by Gasteiger charge is 2.37. The number of nitrogens with one attached hydrogen (secondary N) is 1. The number of hydrogen-bond donors (Lipinski definition) is 1. The van der Waals surface area contributed by atoms with E-state index >= 15 is 0 Å². The molecular weight excluding hydrogens is 455 g/mol. The molecular formula is C23H21Cl3N4O. The quantitative estimate of drug-likeness (QED) is 0.513. The van der Waals surface area contributed by atoms with Crippen LogP contribution in [-0.4, -0.2) is 33.8 Å². The molecule has 1 amide bonds. The molecule has 1 saturated carbocycles. The zero-order chi connectivity index (χ0) is 21.5. The Hall–Kier alpha value is -2.05. The summed E-state index contributed by atoms with van der Waals surface area (Å²) in [5.41, 5.74) is 5.68. The number of benzene rings is 2. The molecule has 2 atom stereocenters. The molecule has 1 aromatic heterocycles. The summed E-state index contributed by atoms with van der Waals surface area (Å²) in [6, 6.07) is 12.5. The van der Waals surface area contributed by atoms with Crippen LogP contribution in [0.1, 0.15) is 29.6 Å². The van der Waals surface area contributed by atoms with E-state index in [-0.39, 0.29) is 5.91 Å². The van der Waals surface area contributed by atoms with E-state index in [9.17, 15) is 4.79 Å². The average Bonchev–Trinajstić information content (AvgIpc) is 3.43. The molecule has 0 radical (unpaired) electrons. The summed E-state index contributed by atoms with van der Waals surface area (Å²) >= 11 is 18.6. The van der Waals surface area contributed by atoms with Gasteiger partial charge >= 0.3 is 0 Å². The van der Waals surface area contributed by atoms with E-state index in [0.717, 1.165) is 18.7 Å². The number of hydrogen-bond acceptors (Lipinski definition) is 3. The third-order valence-electron chi connectivity index (χ3n) is 6.26. The minimum Gasteiger partial charge on any atom is -0.285 e. The SMILES string of the molecule is O=C(NN1CC2CCCC2C1)c1cnn(-c2ccc(Cl)cc2Cl)c1-c1ccc(Cl)cc1.